The van der Waals surface area contributed by atoms with Gasteiger partial charge in [-0.05, 0) is 25.5 Å². The molecule has 1 unspecified atom stereocenters. The zero-order valence-electron chi connectivity index (χ0n) is 12.9. The van der Waals surface area contributed by atoms with Crippen LogP contribution in [0.4, 0.5) is 0 Å². The molecule has 0 radical (unpaired) electrons. The minimum Gasteiger partial charge on any atom is -0.497 e. The molecule has 1 aromatic carbocycles. The number of ether oxygens (including phenoxy) is 1. The van der Waals surface area contributed by atoms with E-state index in [9.17, 15) is 4.79 Å². The lowest BCUT2D eigenvalue weighted by Crippen LogP contribution is -2.33. The Balaban J connectivity index is 2.05. The molecule has 22 heavy (non-hydrogen) atoms. The van der Waals surface area contributed by atoms with E-state index < -0.39 is 0 Å². The standard InChI is InChI=1S/C15H20N4O2S/c1-4-11(2)17-14(20)9-22-15-18-16-10-19(15)12-6-5-7-13(8-12)21-3/h5-8,10-11H,4,9H2,1-3H3,(H,17,20). The van der Waals surface area contributed by atoms with Gasteiger partial charge in [-0.15, -0.1) is 10.2 Å². The van der Waals surface area contributed by atoms with Crippen molar-refractivity contribution in [1.29, 1.82) is 0 Å². The Labute approximate surface area is 134 Å². The summed E-state index contributed by atoms with van der Waals surface area (Å²) in [6.07, 6.45) is 2.54. The third kappa shape index (κ3) is 4.24. The summed E-state index contributed by atoms with van der Waals surface area (Å²) in [4.78, 5) is 11.8. The Bertz CT molecular complexity index is 630. The SMILES string of the molecule is CCC(C)NC(=O)CSc1nncn1-c1cccc(OC)c1. The van der Waals surface area contributed by atoms with E-state index >= 15 is 0 Å². The molecule has 0 fully saturated rings. The molecule has 1 atom stereocenters. The van der Waals surface area contributed by atoms with Gasteiger partial charge in [0.05, 0.1) is 18.6 Å². The highest BCUT2D eigenvalue weighted by Crippen LogP contribution is 2.22. The maximum absolute atomic E-state index is 11.8. The molecule has 2 rings (SSSR count). The number of hydrogen-bond acceptors (Lipinski definition) is 5. The van der Waals surface area contributed by atoms with Crippen LogP contribution in [0.1, 0.15) is 20.3 Å². The number of rotatable bonds is 7. The third-order valence-electron chi connectivity index (χ3n) is 3.20. The van der Waals surface area contributed by atoms with Gasteiger partial charge in [-0.25, -0.2) is 0 Å². The van der Waals surface area contributed by atoms with Crippen LogP contribution < -0.4 is 10.1 Å². The fraction of sp³-hybridized carbons (Fsp3) is 0.400. The predicted molar refractivity (Wildman–Crippen MR) is 86.5 cm³/mol. The van der Waals surface area contributed by atoms with Crippen molar-refractivity contribution in [3.8, 4) is 11.4 Å². The first-order chi connectivity index (χ1) is 10.6. The van der Waals surface area contributed by atoms with Gasteiger partial charge in [0.25, 0.3) is 0 Å². The molecular formula is C15H20N4O2S. The van der Waals surface area contributed by atoms with Gasteiger partial charge in [0.15, 0.2) is 5.16 Å². The first-order valence-electron chi connectivity index (χ1n) is 7.10. The molecule has 1 heterocycles. The molecule has 0 aliphatic rings. The summed E-state index contributed by atoms with van der Waals surface area (Å²) in [5.41, 5.74) is 0.897. The van der Waals surface area contributed by atoms with Crippen molar-refractivity contribution in [3.05, 3.63) is 30.6 Å². The van der Waals surface area contributed by atoms with Crippen LogP contribution >= 0.6 is 11.8 Å². The van der Waals surface area contributed by atoms with Crippen LogP contribution in [0.2, 0.25) is 0 Å². The second kappa shape index (κ2) is 7.84. The van der Waals surface area contributed by atoms with Gasteiger partial charge in [0.1, 0.15) is 12.1 Å². The molecule has 0 bridgehead atoms. The third-order valence-corrected chi connectivity index (χ3v) is 4.14. The summed E-state index contributed by atoms with van der Waals surface area (Å²) in [6.45, 7) is 4.03. The number of thioether (sulfide) groups is 1. The largest absolute Gasteiger partial charge is 0.497 e. The lowest BCUT2D eigenvalue weighted by atomic mass is 10.3. The first-order valence-corrected chi connectivity index (χ1v) is 8.09. The predicted octanol–water partition coefficient (Wildman–Crippen LogP) is 2.28. The van der Waals surface area contributed by atoms with E-state index in [4.69, 9.17) is 4.74 Å². The lowest BCUT2D eigenvalue weighted by Gasteiger charge is -2.11. The molecule has 0 saturated heterocycles. The molecule has 1 amide bonds. The topological polar surface area (TPSA) is 69.0 Å². The number of carbonyl (C=O) groups is 1. The molecule has 2 aromatic rings. The quantitative estimate of drug-likeness (QED) is 0.793. The summed E-state index contributed by atoms with van der Waals surface area (Å²) < 4.78 is 7.06. The van der Waals surface area contributed by atoms with E-state index in [-0.39, 0.29) is 11.9 Å². The van der Waals surface area contributed by atoms with Crippen molar-refractivity contribution >= 4 is 17.7 Å². The number of benzene rings is 1. The second-order valence-electron chi connectivity index (χ2n) is 4.85. The highest BCUT2D eigenvalue weighted by Gasteiger charge is 2.11. The molecule has 6 nitrogen and oxygen atoms in total. The number of amides is 1. The number of hydrogen-bond donors (Lipinski definition) is 1. The summed E-state index contributed by atoms with van der Waals surface area (Å²) in [6, 6.07) is 7.80. The highest BCUT2D eigenvalue weighted by molar-refractivity contribution is 7.99. The number of nitrogens with one attached hydrogen (secondary N) is 1. The van der Waals surface area contributed by atoms with Gasteiger partial charge in [0, 0.05) is 12.1 Å². The summed E-state index contributed by atoms with van der Waals surface area (Å²) in [5, 5.41) is 11.6. The van der Waals surface area contributed by atoms with Crippen LogP contribution in [0, 0.1) is 0 Å². The van der Waals surface area contributed by atoms with Crippen LogP contribution in [-0.4, -0.2) is 39.6 Å². The number of nitrogens with zero attached hydrogens (tertiary/aromatic N) is 3. The monoisotopic (exact) mass is 320 g/mol. The minimum absolute atomic E-state index is 0.000424. The van der Waals surface area contributed by atoms with Crippen molar-refractivity contribution < 1.29 is 9.53 Å². The summed E-state index contributed by atoms with van der Waals surface area (Å²) in [5.74, 6) is 1.07. The minimum atomic E-state index is -0.000424. The van der Waals surface area contributed by atoms with Crippen molar-refractivity contribution in [1.82, 2.24) is 20.1 Å². The first kappa shape index (κ1) is 16.4. The van der Waals surface area contributed by atoms with Gasteiger partial charge in [-0.1, -0.05) is 24.8 Å². The Morgan fingerprint density at radius 1 is 1.50 bits per heavy atom. The van der Waals surface area contributed by atoms with E-state index in [0.29, 0.717) is 10.9 Å². The lowest BCUT2D eigenvalue weighted by molar-refractivity contribution is -0.119. The molecule has 0 spiro atoms. The highest BCUT2D eigenvalue weighted by atomic mass is 32.2. The number of aromatic nitrogens is 3. The Hall–Kier alpha value is -2.02. The van der Waals surface area contributed by atoms with E-state index in [0.717, 1.165) is 17.9 Å². The number of methoxy groups -OCH3 is 1. The zero-order valence-corrected chi connectivity index (χ0v) is 13.8. The Morgan fingerprint density at radius 3 is 3.05 bits per heavy atom. The molecule has 0 saturated carbocycles. The van der Waals surface area contributed by atoms with E-state index in [1.165, 1.54) is 11.8 Å². The van der Waals surface area contributed by atoms with E-state index in [2.05, 4.69) is 15.5 Å². The van der Waals surface area contributed by atoms with Crippen LogP contribution in [0.5, 0.6) is 5.75 Å². The molecule has 1 N–H and O–H groups in total. The Morgan fingerprint density at radius 2 is 2.32 bits per heavy atom. The van der Waals surface area contributed by atoms with Crippen molar-refractivity contribution in [2.45, 2.75) is 31.5 Å². The summed E-state index contributed by atoms with van der Waals surface area (Å²) >= 11 is 1.36. The van der Waals surface area contributed by atoms with Gasteiger partial charge in [-0.2, -0.15) is 0 Å². The van der Waals surface area contributed by atoms with E-state index in [1.807, 2.05) is 42.7 Å². The molecule has 0 aliphatic heterocycles. The fourth-order valence-electron chi connectivity index (χ4n) is 1.81. The molecule has 118 valence electrons. The Kier molecular flexibility index (Phi) is 5.83. The average molecular weight is 320 g/mol. The smallest absolute Gasteiger partial charge is 0.230 e. The average Bonchev–Trinajstić information content (AvgIpc) is 3.01. The van der Waals surface area contributed by atoms with Crippen LogP contribution in [0.3, 0.4) is 0 Å². The van der Waals surface area contributed by atoms with Crippen LogP contribution in [-0.2, 0) is 4.79 Å². The number of carbonyl (C=O) groups excluding carboxylic acids is 1. The maximum Gasteiger partial charge on any atom is 0.230 e. The summed E-state index contributed by atoms with van der Waals surface area (Å²) in [7, 11) is 1.63. The van der Waals surface area contributed by atoms with Gasteiger partial charge in [-0.3, -0.25) is 9.36 Å². The van der Waals surface area contributed by atoms with Crippen LogP contribution in [0.15, 0.2) is 35.7 Å². The molecule has 0 aliphatic carbocycles. The van der Waals surface area contributed by atoms with Gasteiger partial charge in [0.2, 0.25) is 5.91 Å². The van der Waals surface area contributed by atoms with Crippen LogP contribution in [0.25, 0.3) is 5.69 Å². The maximum atomic E-state index is 11.8. The fourth-order valence-corrected chi connectivity index (χ4v) is 2.55. The molecule has 7 heteroatoms. The van der Waals surface area contributed by atoms with Crippen molar-refractivity contribution in [2.75, 3.05) is 12.9 Å². The van der Waals surface area contributed by atoms with Gasteiger partial charge < -0.3 is 10.1 Å². The van der Waals surface area contributed by atoms with E-state index in [1.54, 1.807) is 13.4 Å². The zero-order chi connectivity index (χ0) is 15.9. The second-order valence-corrected chi connectivity index (χ2v) is 5.79. The molecular weight excluding hydrogens is 300 g/mol. The van der Waals surface area contributed by atoms with Gasteiger partial charge >= 0.3 is 0 Å². The van der Waals surface area contributed by atoms with Crippen molar-refractivity contribution in [3.63, 3.8) is 0 Å². The molecule has 1 aromatic heterocycles. The normalized spacial score (nSPS) is 12.0. The van der Waals surface area contributed by atoms with Crippen molar-refractivity contribution in [2.24, 2.45) is 0 Å².